The fourth-order valence-corrected chi connectivity index (χ4v) is 1.66. The molecular formula is C8H15F2NO. The first-order chi connectivity index (χ1) is 5.58. The molecule has 0 aromatic heterocycles. The Bertz CT molecular complexity index is 152. The molecule has 0 aromatic rings. The standard InChI is InChI=1S/C8H15F2NO/c1-6-7(2-5-12-6)8(9,10)3-4-11/h6-7H,2-5,11H2,1H3. The lowest BCUT2D eigenvalue weighted by molar-refractivity contribution is -0.0829. The minimum atomic E-state index is -2.65. The van der Waals surface area contributed by atoms with E-state index >= 15 is 0 Å². The predicted octanol–water partition coefficient (Wildman–Crippen LogP) is 1.40. The SMILES string of the molecule is CC1OCCC1C(F)(F)CCN. The summed E-state index contributed by atoms with van der Waals surface area (Å²) in [5, 5.41) is 0. The Balaban J connectivity index is 2.54. The summed E-state index contributed by atoms with van der Waals surface area (Å²) in [6.45, 7) is 2.18. The van der Waals surface area contributed by atoms with Crippen molar-refractivity contribution in [3.05, 3.63) is 0 Å². The second-order valence-corrected chi connectivity index (χ2v) is 3.27. The van der Waals surface area contributed by atoms with Crippen LogP contribution in [-0.2, 0) is 4.74 Å². The second-order valence-electron chi connectivity index (χ2n) is 3.27. The van der Waals surface area contributed by atoms with E-state index in [4.69, 9.17) is 10.5 Å². The summed E-state index contributed by atoms with van der Waals surface area (Å²) in [5.74, 6) is -3.29. The molecule has 1 saturated heterocycles. The summed E-state index contributed by atoms with van der Waals surface area (Å²) >= 11 is 0. The van der Waals surface area contributed by atoms with Crippen molar-refractivity contribution in [1.29, 1.82) is 0 Å². The van der Waals surface area contributed by atoms with Gasteiger partial charge in [-0.1, -0.05) is 0 Å². The number of hydrogen-bond donors (Lipinski definition) is 1. The van der Waals surface area contributed by atoms with Crippen molar-refractivity contribution in [1.82, 2.24) is 0 Å². The lowest BCUT2D eigenvalue weighted by atomic mass is 9.93. The maximum atomic E-state index is 13.2. The monoisotopic (exact) mass is 179 g/mol. The molecule has 12 heavy (non-hydrogen) atoms. The van der Waals surface area contributed by atoms with E-state index in [0.717, 1.165) is 0 Å². The van der Waals surface area contributed by atoms with Crippen LogP contribution in [0.1, 0.15) is 19.8 Å². The average molecular weight is 179 g/mol. The zero-order chi connectivity index (χ0) is 9.19. The Morgan fingerprint density at radius 3 is 2.67 bits per heavy atom. The van der Waals surface area contributed by atoms with Gasteiger partial charge in [0.1, 0.15) is 0 Å². The molecule has 1 aliphatic rings. The van der Waals surface area contributed by atoms with Crippen LogP contribution in [0.3, 0.4) is 0 Å². The van der Waals surface area contributed by atoms with Crippen molar-refractivity contribution >= 4 is 0 Å². The van der Waals surface area contributed by atoms with E-state index < -0.39 is 11.8 Å². The molecule has 1 rings (SSSR count). The largest absolute Gasteiger partial charge is 0.378 e. The van der Waals surface area contributed by atoms with E-state index in [0.29, 0.717) is 13.0 Å². The number of rotatable bonds is 3. The highest BCUT2D eigenvalue weighted by molar-refractivity contribution is 4.85. The maximum absolute atomic E-state index is 13.2. The molecule has 0 radical (unpaired) electrons. The summed E-state index contributed by atoms with van der Waals surface area (Å²) in [6, 6.07) is 0. The predicted molar refractivity (Wildman–Crippen MR) is 42.1 cm³/mol. The van der Waals surface area contributed by atoms with E-state index in [1.165, 1.54) is 0 Å². The third kappa shape index (κ3) is 1.93. The molecule has 1 aliphatic heterocycles. The van der Waals surface area contributed by atoms with Crippen LogP contribution in [0, 0.1) is 5.92 Å². The maximum Gasteiger partial charge on any atom is 0.254 e. The van der Waals surface area contributed by atoms with Gasteiger partial charge >= 0.3 is 0 Å². The van der Waals surface area contributed by atoms with Gasteiger partial charge in [0.05, 0.1) is 12.0 Å². The van der Waals surface area contributed by atoms with Gasteiger partial charge in [-0.05, 0) is 19.9 Å². The van der Waals surface area contributed by atoms with Crippen molar-refractivity contribution in [2.24, 2.45) is 11.7 Å². The summed E-state index contributed by atoms with van der Waals surface area (Å²) in [6.07, 6.45) is -0.106. The Morgan fingerprint density at radius 2 is 2.25 bits per heavy atom. The highest BCUT2D eigenvalue weighted by Crippen LogP contribution is 2.37. The van der Waals surface area contributed by atoms with Crippen molar-refractivity contribution in [3.63, 3.8) is 0 Å². The number of nitrogens with two attached hydrogens (primary N) is 1. The van der Waals surface area contributed by atoms with E-state index in [2.05, 4.69) is 0 Å². The molecule has 0 aliphatic carbocycles. The molecular weight excluding hydrogens is 164 g/mol. The fraction of sp³-hybridized carbons (Fsp3) is 1.00. The van der Waals surface area contributed by atoms with Gasteiger partial charge in [0.25, 0.3) is 5.92 Å². The molecule has 0 aromatic carbocycles. The smallest absolute Gasteiger partial charge is 0.254 e. The lowest BCUT2D eigenvalue weighted by Crippen LogP contribution is -2.34. The molecule has 0 saturated carbocycles. The van der Waals surface area contributed by atoms with Crippen LogP contribution in [0.4, 0.5) is 8.78 Å². The molecule has 2 atom stereocenters. The molecule has 2 unspecified atom stereocenters. The van der Waals surface area contributed by atoms with Crippen LogP contribution in [-0.4, -0.2) is 25.2 Å². The highest BCUT2D eigenvalue weighted by atomic mass is 19.3. The fourth-order valence-electron chi connectivity index (χ4n) is 1.66. The third-order valence-electron chi connectivity index (χ3n) is 2.40. The van der Waals surface area contributed by atoms with E-state index in [1.807, 2.05) is 0 Å². The first kappa shape index (κ1) is 9.86. The van der Waals surface area contributed by atoms with Crippen LogP contribution < -0.4 is 5.73 Å². The van der Waals surface area contributed by atoms with Gasteiger partial charge in [-0.3, -0.25) is 0 Å². The van der Waals surface area contributed by atoms with Crippen molar-refractivity contribution < 1.29 is 13.5 Å². The van der Waals surface area contributed by atoms with Crippen LogP contribution >= 0.6 is 0 Å². The molecule has 1 heterocycles. The molecule has 1 fully saturated rings. The minimum absolute atomic E-state index is 0.0379. The van der Waals surface area contributed by atoms with E-state index in [1.54, 1.807) is 6.92 Å². The van der Waals surface area contributed by atoms with Gasteiger partial charge in [-0.25, -0.2) is 8.78 Å². The van der Waals surface area contributed by atoms with Crippen LogP contribution in [0.15, 0.2) is 0 Å². The molecule has 0 bridgehead atoms. The molecule has 2 nitrogen and oxygen atoms in total. The van der Waals surface area contributed by atoms with Gasteiger partial charge in [0.2, 0.25) is 0 Å². The van der Waals surface area contributed by atoms with Crippen molar-refractivity contribution in [2.45, 2.75) is 31.8 Å². The number of halogens is 2. The zero-order valence-electron chi connectivity index (χ0n) is 7.22. The van der Waals surface area contributed by atoms with Gasteiger partial charge in [0, 0.05) is 13.0 Å². The number of hydrogen-bond acceptors (Lipinski definition) is 2. The quantitative estimate of drug-likeness (QED) is 0.710. The average Bonchev–Trinajstić information content (AvgIpc) is 2.35. The van der Waals surface area contributed by atoms with Crippen LogP contribution in [0.25, 0.3) is 0 Å². The first-order valence-electron chi connectivity index (χ1n) is 4.27. The van der Waals surface area contributed by atoms with E-state index in [9.17, 15) is 8.78 Å². The second kappa shape index (κ2) is 3.66. The van der Waals surface area contributed by atoms with Crippen molar-refractivity contribution in [3.8, 4) is 0 Å². The zero-order valence-corrected chi connectivity index (χ0v) is 7.22. The molecule has 4 heteroatoms. The van der Waals surface area contributed by atoms with Crippen LogP contribution in [0.2, 0.25) is 0 Å². The molecule has 72 valence electrons. The van der Waals surface area contributed by atoms with E-state index in [-0.39, 0.29) is 19.1 Å². The molecule has 2 N–H and O–H groups in total. The summed E-state index contributed by atoms with van der Waals surface area (Å²) < 4.78 is 31.5. The first-order valence-corrected chi connectivity index (χ1v) is 4.27. The Kier molecular flexibility index (Phi) is 3.01. The summed E-state index contributed by atoms with van der Waals surface area (Å²) in [4.78, 5) is 0. The minimum Gasteiger partial charge on any atom is -0.378 e. The number of alkyl halides is 2. The van der Waals surface area contributed by atoms with Crippen LogP contribution in [0.5, 0.6) is 0 Å². The van der Waals surface area contributed by atoms with Gasteiger partial charge < -0.3 is 10.5 Å². The number of ether oxygens (including phenoxy) is 1. The highest BCUT2D eigenvalue weighted by Gasteiger charge is 2.44. The summed E-state index contributed by atoms with van der Waals surface area (Å²) in [5.41, 5.74) is 5.11. The Hall–Kier alpha value is -0.220. The van der Waals surface area contributed by atoms with Gasteiger partial charge in [-0.2, -0.15) is 0 Å². The molecule has 0 spiro atoms. The van der Waals surface area contributed by atoms with Crippen molar-refractivity contribution in [2.75, 3.05) is 13.2 Å². The topological polar surface area (TPSA) is 35.2 Å². The summed E-state index contributed by atoms with van der Waals surface area (Å²) in [7, 11) is 0. The Morgan fingerprint density at radius 1 is 1.58 bits per heavy atom. The molecule has 0 amide bonds. The normalized spacial score (nSPS) is 31.0. The lowest BCUT2D eigenvalue weighted by Gasteiger charge is -2.24. The van der Waals surface area contributed by atoms with Gasteiger partial charge in [-0.15, -0.1) is 0 Å². The Labute approximate surface area is 71.1 Å². The third-order valence-corrected chi connectivity index (χ3v) is 2.40. The van der Waals surface area contributed by atoms with Gasteiger partial charge in [0.15, 0.2) is 0 Å².